The Bertz CT molecular complexity index is 553. The quantitative estimate of drug-likeness (QED) is 0.815. The lowest BCUT2D eigenvalue weighted by Gasteiger charge is -2.33. The van der Waals surface area contributed by atoms with Crippen LogP contribution in [0.3, 0.4) is 0 Å². The molecule has 0 unspecified atom stereocenters. The number of hydrogen-bond acceptors (Lipinski definition) is 3. The third kappa shape index (κ3) is 2.50. The van der Waals surface area contributed by atoms with Gasteiger partial charge in [0.2, 0.25) is 0 Å². The fraction of sp³-hybridized carbons (Fsp3) is 0.438. The van der Waals surface area contributed by atoms with E-state index in [1.807, 2.05) is 23.1 Å². The molecule has 4 heteroatoms. The predicted octanol–water partition coefficient (Wildman–Crippen LogP) is 1.05. The van der Waals surface area contributed by atoms with Gasteiger partial charge >= 0.3 is 0 Å². The van der Waals surface area contributed by atoms with E-state index in [1.54, 1.807) is 0 Å². The fourth-order valence-corrected chi connectivity index (χ4v) is 2.86. The van der Waals surface area contributed by atoms with Crippen LogP contribution in [0.1, 0.15) is 15.9 Å². The molecular formula is C16H19N3O. The standard InChI is InChI=1S/C16H19N3O/c1-2-7-18-8-10-19(11-9-18)16(20)14-3-4-15-13(12-14)5-6-17-15/h1,3-4,12,17H,5-11H2. The maximum absolute atomic E-state index is 12.5. The zero-order chi connectivity index (χ0) is 13.9. The number of rotatable bonds is 2. The minimum atomic E-state index is 0.139. The van der Waals surface area contributed by atoms with Crippen molar-refractivity contribution in [3.63, 3.8) is 0 Å². The number of fused-ring (bicyclic) bond motifs is 1. The normalized spacial score (nSPS) is 18.2. The number of nitrogens with one attached hydrogen (secondary N) is 1. The summed E-state index contributed by atoms with van der Waals surface area (Å²) in [5.41, 5.74) is 3.22. The molecule has 0 saturated carbocycles. The Morgan fingerprint density at radius 2 is 2.10 bits per heavy atom. The molecule has 1 amide bonds. The van der Waals surface area contributed by atoms with Gasteiger partial charge in [0.1, 0.15) is 0 Å². The molecular weight excluding hydrogens is 250 g/mol. The van der Waals surface area contributed by atoms with E-state index < -0.39 is 0 Å². The van der Waals surface area contributed by atoms with E-state index in [0.717, 1.165) is 44.7 Å². The first-order chi connectivity index (χ1) is 9.78. The highest BCUT2D eigenvalue weighted by atomic mass is 16.2. The van der Waals surface area contributed by atoms with Gasteiger partial charge in [-0.2, -0.15) is 0 Å². The van der Waals surface area contributed by atoms with Gasteiger partial charge in [-0.25, -0.2) is 0 Å². The Morgan fingerprint density at radius 1 is 1.30 bits per heavy atom. The van der Waals surface area contributed by atoms with Crippen molar-refractivity contribution < 1.29 is 4.79 Å². The van der Waals surface area contributed by atoms with Gasteiger partial charge in [0.05, 0.1) is 6.54 Å². The molecule has 2 heterocycles. The van der Waals surface area contributed by atoms with E-state index in [4.69, 9.17) is 6.42 Å². The molecule has 1 aromatic carbocycles. The maximum atomic E-state index is 12.5. The highest BCUT2D eigenvalue weighted by molar-refractivity contribution is 5.95. The van der Waals surface area contributed by atoms with Crippen LogP contribution in [-0.4, -0.2) is 55.0 Å². The lowest BCUT2D eigenvalue weighted by atomic mass is 10.1. The zero-order valence-corrected chi connectivity index (χ0v) is 11.6. The van der Waals surface area contributed by atoms with E-state index in [-0.39, 0.29) is 5.91 Å². The maximum Gasteiger partial charge on any atom is 0.253 e. The van der Waals surface area contributed by atoms with Crippen molar-refractivity contribution in [2.45, 2.75) is 6.42 Å². The molecule has 104 valence electrons. The molecule has 1 fully saturated rings. The first-order valence-corrected chi connectivity index (χ1v) is 7.10. The summed E-state index contributed by atoms with van der Waals surface area (Å²) in [6.45, 7) is 4.89. The molecule has 0 aliphatic carbocycles. The lowest BCUT2D eigenvalue weighted by molar-refractivity contribution is 0.0652. The molecule has 4 nitrogen and oxygen atoms in total. The highest BCUT2D eigenvalue weighted by Gasteiger charge is 2.22. The smallest absolute Gasteiger partial charge is 0.253 e. The van der Waals surface area contributed by atoms with E-state index >= 15 is 0 Å². The Hall–Kier alpha value is -1.99. The topological polar surface area (TPSA) is 35.6 Å². The number of carbonyl (C=O) groups excluding carboxylic acids is 1. The van der Waals surface area contributed by atoms with Crippen LogP contribution in [0.4, 0.5) is 5.69 Å². The van der Waals surface area contributed by atoms with Crippen molar-refractivity contribution in [1.29, 1.82) is 0 Å². The van der Waals surface area contributed by atoms with Gasteiger partial charge in [0, 0.05) is 44.0 Å². The Labute approximate surface area is 119 Å². The monoisotopic (exact) mass is 269 g/mol. The third-order valence-corrected chi connectivity index (χ3v) is 4.04. The highest BCUT2D eigenvalue weighted by Crippen LogP contribution is 2.23. The van der Waals surface area contributed by atoms with Crippen LogP contribution >= 0.6 is 0 Å². The summed E-state index contributed by atoms with van der Waals surface area (Å²) in [5.74, 6) is 2.80. The van der Waals surface area contributed by atoms with Crippen molar-refractivity contribution in [2.75, 3.05) is 44.6 Å². The van der Waals surface area contributed by atoms with Gasteiger partial charge in [-0.1, -0.05) is 5.92 Å². The molecule has 1 N–H and O–H groups in total. The predicted molar refractivity (Wildman–Crippen MR) is 79.8 cm³/mol. The molecule has 3 rings (SSSR count). The second-order valence-electron chi connectivity index (χ2n) is 5.32. The lowest BCUT2D eigenvalue weighted by Crippen LogP contribution is -2.48. The molecule has 1 saturated heterocycles. The van der Waals surface area contributed by atoms with Crippen molar-refractivity contribution in [1.82, 2.24) is 9.80 Å². The zero-order valence-electron chi connectivity index (χ0n) is 11.6. The van der Waals surface area contributed by atoms with Gasteiger partial charge < -0.3 is 10.2 Å². The Kier molecular flexibility index (Phi) is 3.62. The summed E-state index contributed by atoms with van der Waals surface area (Å²) in [5, 5.41) is 3.32. The number of anilines is 1. The van der Waals surface area contributed by atoms with Gasteiger partial charge in [-0.05, 0) is 30.2 Å². The van der Waals surface area contributed by atoms with Crippen LogP contribution in [0.5, 0.6) is 0 Å². The average Bonchev–Trinajstić information content (AvgIpc) is 2.95. The summed E-state index contributed by atoms with van der Waals surface area (Å²) in [6, 6.07) is 5.98. The second kappa shape index (κ2) is 5.56. The minimum Gasteiger partial charge on any atom is -0.384 e. The van der Waals surface area contributed by atoms with E-state index in [0.29, 0.717) is 6.54 Å². The van der Waals surface area contributed by atoms with Crippen LogP contribution in [0.25, 0.3) is 0 Å². The first-order valence-electron chi connectivity index (χ1n) is 7.10. The summed E-state index contributed by atoms with van der Waals surface area (Å²) in [6.07, 6.45) is 6.33. The number of hydrogen-bond donors (Lipinski definition) is 1. The number of nitrogens with zero attached hydrogens (tertiary/aromatic N) is 2. The summed E-state index contributed by atoms with van der Waals surface area (Å²) in [4.78, 5) is 16.6. The fourth-order valence-electron chi connectivity index (χ4n) is 2.86. The van der Waals surface area contributed by atoms with Crippen molar-refractivity contribution >= 4 is 11.6 Å². The largest absolute Gasteiger partial charge is 0.384 e. The second-order valence-corrected chi connectivity index (χ2v) is 5.32. The van der Waals surface area contributed by atoms with E-state index in [2.05, 4.69) is 16.1 Å². The number of carbonyl (C=O) groups is 1. The Balaban J connectivity index is 1.66. The van der Waals surface area contributed by atoms with Crippen molar-refractivity contribution in [3.8, 4) is 12.3 Å². The van der Waals surface area contributed by atoms with Gasteiger partial charge in [0.15, 0.2) is 0 Å². The number of amides is 1. The average molecular weight is 269 g/mol. The van der Waals surface area contributed by atoms with Crippen molar-refractivity contribution in [3.05, 3.63) is 29.3 Å². The third-order valence-electron chi connectivity index (χ3n) is 4.04. The van der Waals surface area contributed by atoms with Crippen molar-refractivity contribution in [2.24, 2.45) is 0 Å². The number of piperazine rings is 1. The molecule has 0 atom stereocenters. The molecule has 20 heavy (non-hydrogen) atoms. The van der Waals surface area contributed by atoms with Gasteiger partial charge in [-0.15, -0.1) is 6.42 Å². The molecule has 0 bridgehead atoms. The summed E-state index contributed by atoms with van der Waals surface area (Å²) >= 11 is 0. The van der Waals surface area contributed by atoms with E-state index in [9.17, 15) is 4.79 Å². The van der Waals surface area contributed by atoms with Crippen LogP contribution in [0.2, 0.25) is 0 Å². The van der Waals surface area contributed by atoms with Gasteiger partial charge in [-0.3, -0.25) is 9.69 Å². The summed E-state index contributed by atoms with van der Waals surface area (Å²) < 4.78 is 0. The molecule has 1 aromatic rings. The van der Waals surface area contributed by atoms with Crippen LogP contribution < -0.4 is 5.32 Å². The molecule has 0 aromatic heterocycles. The van der Waals surface area contributed by atoms with Gasteiger partial charge in [0.25, 0.3) is 5.91 Å². The molecule has 2 aliphatic rings. The molecule has 0 radical (unpaired) electrons. The van der Waals surface area contributed by atoms with E-state index in [1.165, 1.54) is 11.3 Å². The van der Waals surface area contributed by atoms with Crippen LogP contribution in [0, 0.1) is 12.3 Å². The SMILES string of the molecule is C#CCN1CCN(C(=O)c2ccc3c(c2)CCN3)CC1. The number of terminal acetylenes is 1. The molecule has 0 spiro atoms. The minimum absolute atomic E-state index is 0.139. The molecule has 2 aliphatic heterocycles. The number of benzene rings is 1. The van der Waals surface area contributed by atoms with Crippen LogP contribution in [0.15, 0.2) is 18.2 Å². The Morgan fingerprint density at radius 3 is 2.85 bits per heavy atom. The first kappa shape index (κ1) is 13.0. The van der Waals surface area contributed by atoms with Crippen LogP contribution in [-0.2, 0) is 6.42 Å². The summed E-state index contributed by atoms with van der Waals surface area (Å²) in [7, 11) is 0.